The Hall–Kier alpha value is -0.600. The second-order valence-corrected chi connectivity index (χ2v) is 5.73. The molecule has 0 amide bonds. The van der Waals surface area contributed by atoms with E-state index in [-0.39, 0.29) is 11.2 Å². The molecule has 1 aliphatic carbocycles. The molecule has 2 unspecified atom stereocenters. The third-order valence-electron chi connectivity index (χ3n) is 4.35. The Morgan fingerprint density at radius 1 is 1.50 bits per heavy atom. The third-order valence-corrected chi connectivity index (χ3v) is 4.67. The van der Waals surface area contributed by atoms with Crippen LogP contribution in [0, 0.1) is 11.7 Å². The van der Waals surface area contributed by atoms with Gasteiger partial charge in [0.05, 0.1) is 0 Å². The van der Waals surface area contributed by atoms with Gasteiger partial charge in [0, 0.05) is 22.5 Å². The molecule has 100 valence electrons. The zero-order chi connectivity index (χ0) is 13.2. The highest BCUT2D eigenvalue weighted by molar-refractivity contribution is 6.31. The number of benzene rings is 1. The van der Waals surface area contributed by atoms with E-state index in [2.05, 4.69) is 19.2 Å². The third kappa shape index (κ3) is 2.28. The average molecular weight is 270 g/mol. The predicted octanol–water partition coefficient (Wildman–Crippen LogP) is 4.15. The zero-order valence-corrected chi connectivity index (χ0v) is 11.9. The van der Waals surface area contributed by atoms with Crippen molar-refractivity contribution < 1.29 is 4.39 Å². The van der Waals surface area contributed by atoms with Crippen molar-refractivity contribution >= 4 is 11.6 Å². The molecular weight excluding hydrogens is 249 g/mol. The minimum absolute atomic E-state index is 0.140. The van der Waals surface area contributed by atoms with Gasteiger partial charge in [-0.2, -0.15) is 0 Å². The summed E-state index contributed by atoms with van der Waals surface area (Å²) in [7, 11) is 0. The van der Waals surface area contributed by atoms with Gasteiger partial charge in [-0.15, -0.1) is 0 Å². The lowest BCUT2D eigenvalue weighted by molar-refractivity contribution is 0.309. The fourth-order valence-corrected chi connectivity index (χ4v) is 3.64. The van der Waals surface area contributed by atoms with E-state index >= 15 is 0 Å². The van der Waals surface area contributed by atoms with E-state index in [1.165, 1.54) is 6.07 Å². The summed E-state index contributed by atoms with van der Waals surface area (Å²) in [6.45, 7) is 6.01. The maximum Gasteiger partial charge on any atom is 0.128 e. The molecule has 18 heavy (non-hydrogen) atoms. The second kappa shape index (κ2) is 5.58. The topological polar surface area (TPSA) is 12.0 Å². The molecule has 2 atom stereocenters. The molecule has 1 aromatic rings. The average Bonchev–Trinajstić information content (AvgIpc) is 2.69. The van der Waals surface area contributed by atoms with Gasteiger partial charge in [0.1, 0.15) is 5.82 Å². The van der Waals surface area contributed by atoms with Crippen LogP contribution in [-0.2, 0) is 5.41 Å². The molecule has 1 aromatic carbocycles. The van der Waals surface area contributed by atoms with E-state index in [1.807, 2.05) is 0 Å². The van der Waals surface area contributed by atoms with Crippen molar-refractivity contribution in [3.05, 3.63) is 34.6 Å². The van der Waals surface area contributed by atoms with Gasteiger partial charge in [-0.25, -0.2) is 4.39 Å². The number of rotatable bonds is 4. The first-order valence-electron chi connectivity index (χ1n) is 6.77. The fourth-order valence-electron chi connectivity index (χ4n) is 3.29. The molecule has 1 saturated carbocycles. The molecule has 0 heterocycles. The molecule has 3 heteroatoms. The molecule has 1 fully saturated rings. The first kappa shape index (κ1) is 13.8. The normalized spacial score (nSPS) is 27.7. The van der Waals surface area contributed by atoms with Crippen LogP contribution in [0.1, 0.15) is 38.7 Å². The molecule has 0 aromatic heterocycles. The van der Waals surface area contributed by atoms with E-state index in [0.29, 0.717) is 10.9 Å². The second-order valence-electron chi connectivity index (χ2n) is 5.33. The molecular formula is C15H21ClFN. The highest BCUT2D eigenvalue weighted by Gasteiger charge is 2.44. The van der Waals surface area contributed by atoms with Crippen LogP contribution in [0.5, 0.6) is 0 Å². The Morgan fingerprint density at radius 3 is 2.83 bits per heavy atom. The molecule has 1 aliphatic rings. The quantitative estimate of drug-likeness (QED) is 0.866. The van der Waals surface area contributed by atoms with Crippen molar-refractivity contribution in [3.63, 3.8) is 0 Å². The van der Waals surface area contributed by atoms with Gasteiger partial charge >= 0.3 is 0 Å². The Kier molecular flexibility index (Phi) is 4.29. The lowest BCUT2D eigenvalue weighted by Crippen LogP contribution is -2.41. The van der Waals surface area contributed by atoms with Gasteiger partial charge in [0.15, 0.2) is 0 Å². The first-order chi connectivity index (χ1) is 8.62. The standard InChI is InChI=1S/C15H21ClFN/c1-3-18-10-15(9-5-6-11(15)2)14-12(16)7-4-8-13(14)17/h4,7-8,11,18H,3,5-6,9-10H2,1-2H3. The van der Waals surface area contributed by atoms with Crippen LogP contribution in [0.25, 0.3) is 0 Å². The number of hydrogen-bond acceptors (Lipinski definition) is 1. The van der Waals surface area contributed by atoms with Crippen LogP contribution >= 0.6 is 11.6 Å². The smallest absolute Gasteiger partial charge is 0.128 e. The van der Waals surface area contributed by atoms with Gasteiger partial charge in [0.2, 0.25) is 0 Å². The van der Waals surface area contributed by atoms with Crippen molar-refractivity contribution in [2.45, 2.75) is 38.5 Å². The number of hydrogen-bond donors (Lipinski definition) is 1. The van der Waals surface area contributed by atoms with Crippen molar-refractivity contribution in [3.8, 4) is 0 Å². The van der Waals surface area contributed by atoms with Crippen molar-refractivity contribution in [2.75, 3.05) is 13.1 Å². The van der Waals surface area contributed by atoms with Crippen molar-refractivity contribution in [1.82, 2.24) is 5.32 Å². The minimum Gasteiger partial charge on any atom is -0.316 e. The van der Waals surface area contributed by atoms with E-state index in [1.54, 1.807) is 12.1 Å². The highest BCUT2D eigenvalue weighted by atomic mass is 35.5. The SMILES string of the molecule is CCNCC1(c2c(F)cccc2Cl)CCCC1C. The molecule has 2 rings (SSSR count). The van der Waals surface area contributed by atoms with Crippen LogP contribution in [0.15, 0.2) is 18.2 Å². The van der Waals surface area contributed by atoms with Crippen LogP contribution in [0.3, 0.4) is 0 Å². The molecule has 0 saturated heterocycles. The molecule has 0 radical (unpaired) electrons. The van der Waals surface area contributed by atoms with Gasteiger partial charge in [0.25, 0.3) is 0 Å². The maximum absolute atomic E-state index is 14.2. The van der Waals surface area contributed by atoms with Gasteiger partial charge < -0.3 is 5.32 Å². The van der Waals surface area contributed by atoms with E-state index in [4.69, 9.17) is 11.6 Å². The van der Waals surface area contributed by atoms with Gasteiger partial charge in [-0.1, -0.05) is 37.9 Å². The zero-order valence-electron chi connectivity index (χ0n) is 11.1. The summed E-state index contributed by atoms with van der Waals surface area (Å²) in [5.74, 6) is 0.306. The summed E-state index contributed by atoms with van der Waals surface area (Å²) in [6.07, 6.45) is 3.31. The largest absolute Gasteiger partial charge is 0.316 e. The predicted molar refractivity (Wildman–Crippen MR) is 74.6 cm³/mol. The summed E-state index contributed by atoms with van der Waals surface area (Å²) in [5, 5.41) is 3.96. The van der Waals surface area contributed by atoms with E-state index in [9.17, 15) is 4.39 Å². The Balaban J connectivity index is 2.46. The number of halogens is 2. The fraction of sp³-hybridized carbons (Fsp3) is 0.600. The van der Waals surface area contributed by atoms with Crippen LogP contribution in [0.4, 0.5) is 4.39 Å². The summed E-state index contributed by atoms with van der Waals surface area (Å²) >= 11 is 6.28. The molecule has 0 spiro atoms. The summed E-state index contributed by atoms with van der Waals surface area (Å²) < 4.78 is 14.2. The number of nitrogens with one attached hydrogen (secondary N) is 1. The highest BCUT2D eigenvalue weighted by Crippen LogP contribution is 2.48. The minimum atomic E-state index is -0.158. The Bertz CT molecular complexity index is 401. The van der Waals surface area contributed by atoms with E-state index < -0.39 is 0 Å². The monoisotopic (exact) mass is 269 g/mol. The number of likely N-dealkylation sites (N-methyl/N-ethyl adjacent to an activating group) is 1. The lowest BCUT2D eigenvalue weighted by atomic mass is 9.72. The summed E-state index contributed by atoms with van der Waals surface area (Å²) in [5.41, 5.74) is 0.580. The maximum atomic E-state index is 14.2. The molecule has 1 N–H and O–H groups in total. The van der Waals surface area contributed by atoms with Crippen molar-refractivity contribution in [2.24, 2.45) is 5.92 Å². The van der Waals surface area contributed by atoms with Crippen LogP contribution in [-0.4, -0.2) is 13.1 Å². The van der Waals surface area contributed by atoms with Crippen LogP contribution in [0.2, 0.25) is 5.02 Å². The Morgan fingerprint density at radius 2 is 2.28 bits per heavy atom. The van der Waals surface area contributed by atoms with Crippen LogP contribution < -0.4 is 5.32 Å². The first-order valence-corrected chi connectivity index (χ1v) is 7.15. The lowest BCUT2D eigenvalue weighted by Gasteiger charge is -2.35. The van der Waals surface area contributed by atoms with E-state index in [0.717, 1.165) is 37.9 Å². The summed E-state index contributed by atoms with van der Waals surface area (Å²) in [6, 6.07) is 5.01. The Labute approximate surface area is 114 Å². The van der Waals surface area contributed by atoms with Gasteiger partial charge in [-0.3, -0.25) is 0 Å². The molecule has 0 aliphatic heterocycles. The molecule has 1 nitrogen and oxygen atoms in total. The van der Waals surface area contributed by atoms with Gasteiger partial charge in [-0.05, 0) is 37.4 Å². The molecule has 0 bridgehead atoms. The summed E-state index contributed by atoms with van der Waals surface area (Å²) in [4.78, 5) is 0. The van der Waals surface area contributed by atoms with Crippen molar-refractivity contribution in [1.29, 1.82) is 0 Å².